The van der Waals surface area contributed by atoms with Gasteiger partial charge in [-0.15, -0.1) is 0 Å². The molecule has 33 heavy (non-hydrogen) atoms. The number of aromatic nitrogens is 3. The number of hydrogen-bond acceptors (Lipinski definition) is 7. The van der Waals surface area contributed by atoms with Gasteiger partial charge < -0.3 is 23.5 Å². The monoisotopic (exact) mass is 451 g/mol. The quantitative estimate of drug-likeness (QED) is 0.399. The Morgan fingerprint density at radius 2 is 1.61 bits per heavy atom. The van der Waals surface area contributed by atoms with Crippen LogP contribution in [-0.2, 0) is 18.3 Å². The first-order chi connectivity index (χ1) is 16.0. The smallest absolute Gasteiger partial charge is 0.267 e. The van der Waals surface area contributed by atoms with Crippen molar-refractivity contribution in [2.45, 2.75) is 6.54 Å². The highest BCUT2D eigenvalue weighted by atomic mass is 16.5. The summed E-state index contributed by atoms with van der Waals surface area (Å²) in [7, 11) is 7.88. The van der Waals surface area contributed by atoms with E-state index in [2.05, 4.69) is 0 Å². The Bertz CT molecular complexity index is 1450. The number of nitrogens with zero attached hydrogens (tertiary/aromatic N) is 3. The fourth-order valence-corrected chi connectivity index (χ4v) is 4.01. The van der Waals surface area contributed by atoms with Crippen LogP contribution in [0.3, 0.4) is 0 Å². The van der Waals surface area contributed by atoms with Gasteiger partial charge >= 0.3 is 0 Å². The zero-order chi connectivity index (χ0) is 23.7. The average molecular weight is 451 g/mol. The van der Waals surface area contributed by atoms with E-state index in [1.807, 2.05) is 12.1 Å². The summed E-state index contributed by atoms with van der Waals surface area (Å²) in [5.41, 5.74) is 0.764. The number of methoxy groups -OCH3 is 4. The Hall–Kier alpha value is -3.85. The molecule has 4 rings (SSSR count). The maximum atomic E-state index is 13.6. The number of aryl methyl sites for hydroxylation is 1. The first-order valence-corrected chi connectivity index (χ1v) is 10.3. The molecule has 0 saturated carbocycles. The number of para-hydroxylation sites is 1. The molecule has 0 N–H and O–H groups in total. The Balaban J connectivity index is 2.15. The molecule has 0 unspecified atom stereocenters. The Morgan fingerprint density at radius 1 is 0.939 bits per heavy atom. The molecular weight excluding hydrogens is 426 g/mol. The Labute approximate surface area is 189 Å². The van der Waals surface area contributed by atoms with E-state index in [1.165, 1.54) is 25.9 Å². The molecule has 0 aliphatic carbocycles. The lowest BCUT2D eigenvalue weighted by Gasteiger charge is -2.18. The van der Waals surface area contributed by atoms with Gasteiger partial charge in [-0.2, -0.15) is 0 Å². The van der Waals surface area contributed by atoms with Crippen LogP contribution in [0.5, 0.6) is 17.2 Å². The molecule has 0 saturated heterocycles. The molecule has 9 nitrogen and oxygen atoms in total. The predicted octanol–water partition coefficient (Wildman–Crippen LogP) is 2.59. The molecule has 4 aromatic rings. The van der Waals surface area contributed by atoms with E-state index in [4.69, 9.17) is 23.9 Å². The van der Waals surface area contributed by atoms with E-state index in [0.717, 1.165) is 0 Å². The SMILES string of the molecule is COCCn1c(-c2cc(OC)c(OC)c(OC)c2)nc2c(c(=O)c3ccccc3n2C)c1=O. The largest absolute Gasteiger partial charge is 0.493 e. The van der Waals surface area contributed by atoms with Crippen molar-refractivity contribution in [3.63, 3.8) is 0 Å². The van der Waals surface area contributed by atoms with Gasteiger partial charge in [0.1, 0.15) is 11.2 Å². The summed E-state index contributed by atoms with van der Waals surface area (Å²) in [6.07, 6.45) is 0. The summed E-state index contributed by atoms with van der Waals surface area (Å²) >= 11 is 0. The number of rotatable bonds is 7. The van der Waals surface area contributed by atoms with Crippen molar-refractivity contribution in [1.29, 1.82) is 0 Å². The molecular formula is C24H25N3O6. The van der Waals surface area contributed by atoms with Crippen LogP contribution in [-0.4, -0.2) is 49.2 Å². The van der Waals surface area contributed by atoms with Gasteiger partial charge in [0.15, 0.2) is 17.1 Å². The van der Waals surface area contributed by atoms with Gasteiger partial charge in [0.2, 0.25) is 11.2 Å². The van der Waals surface area contributed by atoms with Gasteiger partial charge in [0.05, 0.1) is 40.0 Å². The van der Waals surface area contributed by atoms with Crippen LogP contribution in [0.25, 0.3) is 33.3 Å². The van der Waals surface area contributed by atoms with Crippen LogP contribution in [0, 0.1) is 0 Å². The van der Waals surface area contributed by atoms with Crippen LogP contribution >= 0.6 is 0 Å². The van der Waals surface area contributed by atoms with Gasteiger partial charge in [0.25, 0.3) is 5.56 Å². The van der Waals surface area contributed by atoms with Crippen molar-refractivity contribution in [2.75, 3.05) is 35.0 Å². The first kappa shape index (κ1) is 22.3. The molecule has 2 aromatic heterocycles. The van der Waals surface area contributed by atoms with Crippen molar-refractivity contribution in [2.24, 2.45) is 7.05 Å². The van der Waals surface area contributed by atoms with Crippen molar-refractivity contribution in [1.82, 2.24) is 14.1 Å². The van der Waals surface area contributed by atoms with Gasteiger partial charge in [-0.05, 0) is 24.3 Å². The van der Waals surface area contributed by atoms with E-state index in [1.54, 1.807) is 43.0 Å². The summed E-state index contributed by atoms with van der Waals surface area (Å²) in [4.78, 5) is 31.7. The highest BCUT2D eigenvalue weighted by Crippen LogP contribution is 2.40. The number of hydrogen-bond donors (Lipinski definition) is 0. The summed E-state index contributed by atoms with van der Waals surface area (Å²) < 4.78 is 24.8. The normalized spacial score (nSPS) is 11.2. The van der Waals surface area contributed by atoms with E-state index in [0.29, 0.717) is 45.2 Å². The third kappa shape index (κ3) is 3.60. The summed E-state index contributed by atoms with van der Waals surface area (Å²) in [5.74, 6) is 1.63. The summed E-state index contributed by atoms with van der Waals surface area (Å²) in [5, 5.41) is 0.494. The molecule has 0 aliphatic heterocycles. The van der Waals surface area contributed by atoms with Crippen LogP contribution < -0.4 is 25.2 Å². The second-order valence-corrected chi connectivity index (χ2v) is 7.40. The summed E-state index contributed by atoms with van der Waals surface area (Å²) in [6.45, 7) is 0.471. The van der Waals surface area contributed by atoms with Crippen LogP contribution in [0.4, 0.5) is 0 Å². The number of ether oxygens (including phenoxy) is 4. The molecule has 0 atom stereocenters. The molecule has 0 bridgehead atoms. The molecule has 172 valence electrons. The van der Waals surface area contributed by atoms with Crippen molar-refractivity contribution >= 4 is 21.9 Å². The van der Waals surface area contributed by atoms with Gasteiger partial charge in [-0.3, -0.25) is 14.2 Å². The maximum absolute atomic E-state index is 13.6. The molecule has 0 aliphatic rings. The molecule has 0 spiro atoms. The molecule has 2 aromatic carbocycles. The molecule has 2 heterocycles. The molecule has 0 amide bonds. The minimum absolute atomic E-state index is 0.0310. The fraction of sp³-hybridized carbons (Fsp3) is 0.292. The van der Waals surface area contributed by atoms with Crippen molar-refractivity contribution in [3.8, 4) is 28.6 Å². The highest BCUT2D eigenvalue weighted by Gasteiger charge is 2.21. The summed E-state index contributed by atoms with van der Waals surface area (Å²) in [6, 6.07) is 10.6. The van der Waals surface area contributed by atoms with Gasteiger partial charge in [-0.1, -0.05) is 12.1 Å². The van der Waals surface area contributed by atoms with Crippen molar-refractivity contribution < 1.29 is 18.9 Å². The van der Waals surface area contributed by atoms with Crippen LogP contribution in [0.15, 0.2) is 46.0 Å². The van der Waals surface area contributed by atoms with E-state index >= 15 is 0 Å². The Kier molecular flexibility index (Phi) is 6.06. The third-order valence-electron chi connectivity index (χ3n) is 5.65. The third-order valence-corrected chi connectivity index (χ3v) is 5.65. The second kappa shape index (κ2) is 8.95. The lowest BCUT2D eigenvalue weighted by molar-refractivity contribution is 0.186. The topological polar surface area (TPSA) is 93.8 Å². The minimum atomic E-state index is -0.438. The van der Waals surface area contributed by atoms with Gasteiger partial charge in [-0.25, -0.2) is 4.98 Å². The second-order valence-electron chi connectivity index (χ2n) is 7.40. The maximum Gasteiger partial charge on any atom is 0.267 e. The molecule has 9 heteroatoms. The van der Waals surface area contributed by atoms with E-state index < -0.39 is 5.56 Å². The Morgan fingerprint density at radius 3 is 2.21 bits per heavy atom. The minimum Gasteiger partial charge on any atom is -0.493 e. The fourth-order valence-electron chi connectivity index (χ4n) is 4.01. The average Bonchev–Trinajstić information content (AvgIpc) is 2.85. The number of fused-ring (bicyclic) bond motifs is 2. The first-order valence-electron chi connectivity index (χ1n) is 10.3. The van der Waals surface area contributed by atoms with Crippen molar-refractivity contribution in [3.05, 3.63) is 57.0 Å². The number of pyridine rings is 1. The van der Waals surface area contributed by atoms with Crippen LogP contribution in [0.1, 0.15) is 0 Å². The zero-order valence-corrected chi connectivity index (χ0v) is 19.2. The standard InChI is InChI=1S/C24H25N3O6/c1-26-16-9-7-6-8-15(16)20(28)19-23(26)25-22(27(24(19)29)10-11-30-2)14-12-17(31-3)21(33-5)18(13-14)32-4/h6-9,12-13H,10-11H2,1-5H3. The zero-order valence-electron chi connectivity index (χ0n) is 19.2. The van der Waals surface area contributed by atoms with E-state index in [-0.39, 0.29) is 24.0 Å². The lowest BCUT2D eigenvalue weighted by atomic mass is 10.1. The van der Waals surface area contributed by atoms with E-state index in [9.17, 15) is 9.59 Å². The van der Waals surface area contributed by atoms with Crippen LogP contribution in [0.2, 0.25) is 0 Å². The molecule has 0 radical (unpaired) electrons. The number of benzene rings is 2. The predicted molar refractivity (Wildman–Crippen MR) is 126 cm³/mol. The highest BCUT2D eigenvalue weighted by molar-refractivity contribution is 5.92. The van der Waals surface area contributed by atoms with Gasteiger partial charge in [0, 0.05) is 25.1 Å². The lowest BCUT2D eigenvalue weighted by Crippen LogP contribution is -2.30. The molecule has 0 fully saturated rings.